The van der Waals surface area contributed by atoms with E-state index in [1.165, 1.54) is 28.1 Å². The molecule has 6 nitrogen and oxygen atoms in total. The average Bonchev–Trinajstić information content (AvgIpc) is 3.13. The second-order valence-corrected chi connectivity index (χ2v) is 11.5. The lowest BCUT2D eigenvalue weighted by atomic mass is 9.92. The van der Waals surface area contributed by atoms with Crippen molar-refractivity contribution < 1.29 is 9.59 Å². The van der Waals surface area contributed by atoms with Crippen LogP contribution in [0.15, 0.2) is 30.5 Å². The zero-order valence-corrected chi connectivity index (χ0v) is 20.3. The smallest absolute Gasteiger partial charge is 0.230 e. The van der Waals surface area contributed by atoms with Gasteiger partial charge in [-0.3, -0.25) is 19.5 Å². The maximum Gasteiger partial charge on any atom is 0.230 e. The first-order chi connectivity index (χ1) is 16.6. The summed E-state index contributed by atoms with van der Waals surface area (Å²) in [5.74, 6) is 1.18. The van der Waals surface area contributed by atoms with Crippen molar-refractivity contribution in [3.63, 3.8) is 0 Å². The fraction of sp³-hybridized carbons (Fsp3) is 0.423. The maximum atomic E-state index is 12.2. The Bertz CT molecular complexity index is 1330. The van der Waals surface area contributed by atoms with E-state index in [1.54, 1.807) is 11.3 Å². The van der Waals surface area contributed by atoms with E-state index >= 15 is 0 Å². The van der Waals surface area contributed by atoms with Gasteiger partial charge >= 0.3 is 0 Å². The number of rotatable bonds is 4. The highest BCUT2D eigenvalue weighted by Crippen LogP contribution is 2.58. The molecule has 8 heteroatoms. The molecule has 2 aromatic heterocycles. The fourth-order valence-electron chi connectivity index (χ4n) is 6.07. The van der Waals surface area contributed by atoms with E-state index in [9.17, 15) is 9.59 Å². The molecule has 1 N–H and O–H groups in total. The van der Waals surface area contributed by atoms with E-state index < -0.39 is 0 Å². The van der Waals surface area contributed by atoms with Crippen molar-refractivity contribution in [3.8, 4) is 11.1 Å². The molecule has 0 radical (unpaired) electrons. The number of benzene rings is 1. The number of pyridine rings is 1. The number of anilines is 1. The Balaban J connectivity index is 1.35. The van der Waals surface area contributed by atoms with Gasteiger partial charge in [-0.25, -0.2) is 0 Å². The van der Waals surface area contributed by atoms with Gasteiger partial charge in [-0.15, -0.1) is 11.3 Å². The van der Waals surface area contributed by atoms with Crippen LogP contribution < -0.4 is 10.2 Å². The number of carbonyl (C=O) groups excluding carboxylic acids is 2. The van der Waals surface area contributed by atoms with Gasteiger partial charge < -0.3 is 10.2 Å². The molecule has 1 aliphatic carbocycles. The van der Waals surface area contributed by atoms with Crippen LogP contribution in [0.3, 0.4) is 0 Å². The van der Waals surface area contributed by atoms with Crippen molar-refractivity contribution in [2.75, 3.05) is 24.5 Å². The lowest BCUT2D eigenvalue weighted by molar-refractivity contribution is -0.138. The molecule has 1 aromatic carbocycles. The Morgan fingerprint density at radius 1 is 1.15 bits per heavy atom. The third-order valence-electron chi connectivity index (χ3n) is 7.84. The third kappa shape index (κ3) is 3.28. The van der Waals surface area contributed by atoms with Gasteiger partial charge in [0, 0.05) is 64.9 Å². The molecule has 3 aromatic rings. The molecule has 5 heterocycles. The summed E-state index contributed by atoms with van der Waals surface area (Å²) in [5.41, 5.74) is 5.94. The molecule has 0 bridgehead atoms. The first-order valence-electron chi connectivity index (χ1n) is 12.1. The summed E-state index contributed by atoms with van der Waals surface area (Å²) < 4.78 is 1.09. The van der Waals surface area contributed by atoms with Gasteiger partial charge in [0.05, 0.1) is 16.8 Å². The van der Waals surface area contributed by atoms with Crippen molar-refractivity contribution in [2.24, 2.45) is 5.92 Å². The molecule has 174 valence electrons. The number of likely N-dealkylation sites (tertiary alicyclic amines) is 1. The second kappa shape index (κ2) is 7.77. The highest BCUT2D eigenvalue weighted by Gasteiger charge is 2.47. The summed E-state index contributed by atoms with van der Waals surface area (Å²) in [5, 5.41) is 4.32. The predicted molar refractivity (Wildman–Crippen MR) is 134 cm³/mol. The molecule has 2 saturated heterocycles. The van der Waals surface area contributed by atoms with Crippen LogP contribution in [0.2, 0.25) is 5.02 Å². The van der Waals surface area contributed by atoms with E-state index in [-0.39, 0.29) is 11.8 Å². The van der Waals surface area contributed by atoms with Crippen molar-refractivity contribution >= 4 is 50.7 Å². The Kier molecular flexibility index (Phi) is 4.76. The molecule has 34 heavy (non-hydrogen) atoms. The van der Waals surface area contributed by atoms with E-state index in [0.717, 1.165) is 57.7 Å². The summed E-state index contributed by atoms with van der Waals surface area (Å²) in [4.78, 5) is 33.9. The highest BCUT2D eigenvalue weighted by molar-refractivity contribution is 7.19. The first kappa shape index (κ1) is 20.9. The molecule has 0 unspecified atom stereocenters. The van der Waals surface area contributed by atoms with E-state index in [4.69, 9.17) is 11.6 Å². The van der Waals surface area contributed by atoms with Crippen LogP contribution in [-0.2, 0) is 16.1 Å². The molecule has 7 rings (SSSR count). The normalized spacial score (nSPS) is 25.9. The molecule has 3 fully saturated rings. The van der Waals surface area contributed by atoms with Crippen LogP contribution >= 0.6 is 22.9 Å². The number of carbonyl (C=O) groups is 2. The largest absolute Gasteiger partial charge is 0.366 e. The minimum Gasteiger partial charge on any atom is -0.366 e. The number of fused-ring (bicyclic) bond motifs is 4. The zero-order chi connectivity index (χ0) is 23.0. The summed E-state index contributed by atoms with van der Waals surface area (Å²) in [6.07, 6.45) is 4.89. The van der Waals surface area contributed by atoms with Crippen LogP contribution in [0.1, 0.15) is 42.0 Å². The third-order valence-corrected chi connectivity index (χ3v) is 9.20. The minimum absolute atomic E-state index is 0.0839. The molecule has 3 atom stereocenters. The van der Waals surface area contributed by atoms with Gasteiger partial charge in [0.25, 0.3) is 0 Å². The Morgan fingerprint density at radius 2 is 2.00 bits per heavy atom. The van der Waals surface area contributed by atoms with Crippen LogP contribution in [0.4, 0.5) is 5.69 Å². The molecular weight excluding hydrogens is 468 g/mol. The zero-order valence-electron chi connectivity index (χ0n) is 18.7. The minimum atomic E-state index is -0.0839. The van der Waals surface area contributed by atoms with E-state index in [0.29, 0.717) is 31.3 Å². The molecular formula is C26H25ClN4O2S. The number of amides is 2. The summed E-state index contributed by atoms with van der Waals surface area (Å²) >= 11 is 8.33. The fourth-order valence-corrected chi connectivity index (χ4v) is 7.43. The molecule has 3 aliphatic heterocycles. The van der Waals surface area contributed by atoms with Gasteiger partial charge in [-0.1, -0.05) is 11.6 Å². The Labute approximate surface area is 206 Å². The van der Waals surface area contributed by atoms with Crippen LogP contribution in [0, 0.1) is 5.92 Å². The number of aromatic nitrogens is 1. The van der Waals surface area contributed by atoms with Gasteiger partial charge in [0.15, 0.2) is 0 Å². The topological polar surface area (TPSA) is 65.5 Å². The number of nitrogens with zero attached hydrogens (tertiary/aromatic N) is 3. The highest BCUT2D eigenvalue weighted by atomic mass is 35.5. The molecule has 2 amide bonds. The number of nitrogens with one attached hydrogen (secondary N) is 1. The standard InChI is InChI=1S/C26H25ClN4O2S/c27-15-8-20(25-21(9-15)19-7-14(19)12-30(25)16-3-5-28-11-16)18-4-6-29-22-10-17(34-26(18)22)13-31-23(32)1-2-24(31)33/h4,6,8-10,14,16,19,28H,1-3,5,7,11-13H2/t14-,16+,19-/m1/s1. The van der Waals surface area contributed by atoms with Crippen molar-refractivity contribution in [3.05, 3.63) is 45.9 Å². The maximum absolute atomic E-state index is 12.2. The van der Waals surface area contributed by atoms with E-state index in [2.05, 4.69) is 33.4 Å². The Hall–Kier alpha value is -2.48. The SMILES string of the molecule is O=C1CCC(=O)N1Cc1cc2nccc(-c3cc(Cl)cc4c3N([C@H]3CCNC3)C[C@H]3C[C@@H]43)c2s1. The van der Waals surface area contributed by atoms with E-state index in [1.807, 2.05) is 12.3 Å². The number of hydrogen-bond acceptors (Lipinski definition) is 6. The number of thiophene rings is 1. The lowest BCUT2D eigenvalue weighted by Gasteiger charge is -2.37. The van der Waals surface area contributed by atoms with Crippen molar-refractivity contribution in [1.29, 1.82) is 0 Å². The number of hydrogen-bond donors (Lipinski definition) is 1. The number of halogens is 1. The summed E-state index contributed by atoms with van der Waals surface area (Å²) in [7, 11) is 0. The number of imide groups is 1. The summed E-state index contributed by atoms with van der Waals surface area (Å²) in [6.45, 7) is 3.53. The first-order valence-corrected chi connectivity index (χ1v) is 13.3. The summed E-state index contributed by atoms with van der Waals surface area (Å²) in [6, 6.07) is 8.91. The molecule has 4 aliphatic rings. The van der Waals surface area contributed by atoms with Crippen LogP contribution in [-0.4, -0.2) is 47.4 Å². The van der Waals surface area contributed by atoms with Crippen LogP contribution in [0.25, 0.3) is 21.3 Å². The van der Waals surface area contributed by atoms with Gasteiger partial charge in [0.2, 0.25) is 11.8 Å². The van der Waals surface area contributed by atoms with Crippen molar-refractivity contribution in [1.82, 2.24) is 15.2 Å². The average molecular weight is 493 g/mol. The lowest BCUT2D eigenvalue weighted by Crippen LogP contribution is -2.41. The van der Waals surface area contributed by atoms with Gasteiger partial charge in [-0.05, 0) is 61.1 Å². The molecule has 1 saturated carbocycles. The van der Waals surface area contributed by atoms with Crippen LogP contribution in [0.5, 0.6) is 0 Å². The predicted octanol–water partition coefficient (Wildman–Crippen LogP) is 4.55. The van der Waals surface area contributed by atoms with Gasteiger partial charge in [0.1, 0.15) is 0 Å². The monoisotopic (exact) mass is 492 g/mol. The molecule has 0 spiro atoms. The Morgan fingerprint density at radius 3 is 2.79 bits per heavy atom. The van der Waals surface area contributed by atoms with Gasteiger partial charge in [-0.2, -0.15) is 0 Å². The van der Waals surface area contributed by atoms with Crippen molar-refractivity contribution in [2.45, 2.75) is 44.2 Å². The second-order valence-electron chi connectivity index (χ2n) is 9.95. The quantitative estimate of drug-likeness (QED) is 0.541.